The molecule has 1 aliphatic rings. The highest BCUT2D eigenvalue weighted by Crippen LogP contribution is 2.13. The van der Waals surface area contributed by atoms with Crippen LogP contribution in [0.4, 0.5) is 0 Å². The average molecular weight is 189 g/mol. The Morgan fingerprint density at radius 1 is 1.46 bits per heavy atom. The summed E-state index contributed by atoms with van der Waals surface area (Å²) in [4.78, 5) is 1.99. The van der Waals surface area contributed by atoms with Gasteiger partial charge in [-0.05, 0) is 13.8 Å². The van der Waals surface area contributed by atoms with Gasteiger partial charge in [0.15, 0.2) is 0 Å². The highest BCUT2D eigenvalue weighted by Gasteiger charge is 2.30. The van der Waals surface area contributed by atoms with Crippen molar-refractivity contribution in [2.24, 2.45) is 0 Å². The number of rotatable bonds is 4. The van der Waals surface area contributed by atoms with Gasteiger partial charge in [0.25, 0.3) is 0 Å². The van der Waals surface area contributed by atoms with Crippen LogP contribution in [0, 0.1) is 0 Å². The van der Waals surface area contributed by atoms with E-state index in [0.29, 0.717) is 26.4 Å². The van der Waals surface area contributed by atoms with Crippen molar-refractivity contribution < 1.29 is 14.6 Å². The summed E-state index contributed by atoms with van der Waals surface area (Å²) in [5, 5.41) is 10.0. The van der Waals surface area contributed by atoms with E-state index >= 15 is 0 Å². The molecule has 1 heterocycles. The molecule has 0 amide bonds. The van der Waals surface area contributed by atoms with Gasteiger partial charge >= 0.3 is 0 Å². The maximum Gasteiger partial charge on any atom is 0.139 e. The Morgan fingerprint density at radius 2 is 2.08 bits per heavy atom. The van der Waals surface area contributed by atoms with Crippen LogP contribution in [-0.4, -0.2) is 55.2 Å². The zero-order chi connectivity index (χ0) is 9.73. The van der Waals surface area contributed by atoms with Gasteiger partial charge in [-0.25, -0.2) is 0 Å². The van der Waals surface area contributed by atoms with Gasteiger partial charge in [-0.1, -0.05) is 0 Å². The smallest absolute Gasteiger partial charge is 0.139 e. The Hall–Kier alpha value is -0.160. The Balaban J connectivity index is 2.36. The summed E-state index contributed by atoms with van der Waals surface area (Å²) < 4.78 is 10.4. The minimum Gasteiger partial charge on any atom is -0.379 e. The minimum atomic E-state index is -0.847. The van der Waals surface area contributed by atoms with E-state index in [1.54, 1.807) is 6.92 Å². The van der Waals surface area contributed by atoms with Crippen molar-refractivity contribution >= 4 is 0 Å². The van der Waals surface area contributed by atoms with E-state index in [-0.39, 0.29) is 0 Å². The summed E-state index contributed by atoms with van der Waals surface area (Å²) in [5.41, 5.74) is -0.847. The molecule has 0 saturated carbocycles. The van der Waals surface area contributed by atoms with E-state index in [9.17, 15) is 5.11 Å². The molecule has 0 radical (unpaired) electrons. The van der Waals surface area contributed by atoms with Crippen LogP contribution in [0.2, 0.25) is 0 Å². The second-order valence-electron chi connectivity index (χ2n) is 3.45. The van der Waals surface area contributed by atoms with Crippen molar-refractivity contribution in [3.05, 3.63) is 0 Å². The second-order valence-corrected chi connectivity index (χ2v) is 3.45. The highest BCUT2D eigenvalue weighted by molar-refractivity contribution is 4.76. The summed E-state index contributed by atoms with van der Waals surface area (Å²) in [6.45, 7) is 7.66. The lowest BCUT2D eigenvalue weighted by Crippen LogP contribution is -2.54. The third-order valence-corrected chi connectivity index (χ3v) is 2.27. The van der Waals surface area contributed by atoms with E-state index in [0.717, 1.165) is 13.1 Å². The van der Waals surface area contributed by atoms with Crippen molar-refractivity contribution in [3.63, 3.8) is 0 Å². The third-order valence-electron chi connectivity index (χ3n) is 2.27. The molecule has 0 bridgehead atoms. The Morgan fingerprint density at radius 3 is 2.62 bits per heavy atom. The third kappa shape index (κ3) is 3.23. The van der Waals surface area contributed by atoms with E-state index < -0.39 is 5.72 Å². The molecule has 13 heavy (non-hydrogen) atoms. The van der Waals surface area contributed by atoms with Gasteiger partial charge in [-0.15, -0.1) is 0 Å². The standard InChI is InChI=1S/C9H19NO3/c1-3-12-8-9(2,11)10-4-6-13-7-5-10/h11H,3-8H2,1-2H3. The molecule has 0 aromatic rings. The molecule has 78 valence electrons. The molecule has 0 spiro atoms. The minimum absolute atomic E-state index is 0.365. The largest absolute Gasteiger partial charge is 0.379 e. The predicted octanol–water partition coefficient (Wildman–Crippen LogP) is 0.0636. The molecular formula is C9H19NO3. The number of aliphatic hydroxyl groups is 1. The molecule has 1 saturated heterocycles. The predicted molar refractivity (Wildman–Crippen MR) is 49.5 cm³/mol. The summed E-state index contributed by atoms with van der Waals surface area (Å²) in [7, 11) is 0. The molecule has 1 aliphatic heterocycles. The lowest BCUT2D eigenvalue weighted by molar-refractivity contribution is -0.162. The Bertz CT molecular complexity index is 144. The topological polar surface area (TPSA) is 41.9 Å². The molecule has 1 atom stereocenters. The fourth-order valence-electron chi connectivity index (χ4n) is 1.43. The van der Waals surface area contributed by atoms with Gasteiger partial charge in [0.05, 0.1) is 19.8 Å². The number of nitrogens with zero attached hydrogens (tertiary/aromatic N) is 1. The maximum absolute atomic E-state index is 10.0. The average Bonchev–Trinajstić information content (AvgIpc) is 2.16. The van der Waals surface area contributed by atoms with Crippen molar-refractivity contribution in [2.45, 2.75) is 19.6 Å². The maximum atomic E-state index is 10.0. The Labute approximate surface area is 79.4 Å². The van der Waals surface area contributed by atoms with E-state index in [4.69, 9.17) is 9.47 Å². The van der Waals surface area contributed by atoms with E-state index in [1.165, 1.54) is 0 Å². The molecular weight excluding hydrogens is 170 g/mol. The van der Waals surface area contributed by atoms with Crippen molar-refractivity contribution in [3.8, 4) is 0 Å². The first kappa shape index (κ1) is 10.9. The van der Waals surface area contributed by atoms with Crippen LogP contribution in [0.5, 0.6) is 0 Å². The van der Waals surface area contributed by atoms with E-state index in [1.807, 2.05) is 11.8 Å². The molecule has 1 fully saturated rings. The summed E-state index contributed by atoms with van der Waals surface area (Å²) in [6.07, 6.45) is 0. The lowest BCUT2D eigenvalue weighted by Gasteiger charge is -2.38. The first-order valence-electron chi connectivity index (χ1n) is 4.80. The van der Waals surface area contributed by atoms with Crippen LogP contribution >= 0.6 is 0 Å². The zero-order valence-electron chi connectivity index (χ0n) is 8.45. The quantitative estimate of drug-likeness (QED) is 0.679. The lowest BCUT2D eigenvalue weighted by atomic mass is 10.2. The SMILES string of the molecule is CCOCC(C)(O)N1CCOCC1. The van der Waals surface area contributed by atoms with Crippen LogP contribution in [-0.2, 0) is 9.47 Å². The zero-order valence-corrected chi connectivity index (χ0v) is 8.45. The van der Waals surface area contributed by atoms with Gasteiger partial charge in [-0.3, -0.25) is 4.90 Å². The number of morpholine rings is 1. The van der Waals surface area contributed by atoms with Gasteiger partial charge < -0.3 is 14.6 Å². The number of hydrogen-bond acceptors (Lipinski definition) is 4. The molecule has 0 aromatic carbocycles. The summed E-state index contributed by atoms with van der Waals surface area (Å²) in [5.74, 6) is 0. The summed E-state index contributed by atoms with van der Waals surface area (Å²) in [6, 6.07) is 0. The normalized spacial score (nSPS) is 24.2. The van der Waals surface area contributed by atoms with Crippen LogP contribution in [0.25, 0.3) is 0 Å². The molecule has 4 heteroatoms. The monoisotopic (exact) mass is 189 g/mol. The molecule has 1 rings (SSSR count). The number of hydrogen-bond donors (Lipinski definition) is 1. The first-order valence-corrected chi connectivity index (χ1v) is 4.80. The molecule has 1 N–H and O–H groups in total. The second kappa shape index (κ2) is 4.91. The molecule has 0 aromatic heterocycles. The van der Waals surface area contributed by atoms with Crippen LogP contribution < -0.4 is 0 Å². The van der Waals surface area contributed by atoms with Gasteiger partial charge in [-0.2, -0.15) is 0 Å². The molecule has 0 aliphatic carbocycles. The number of ether oxygens (including phenoxy) is 2. The van der Waals surface area contributed by atoms with Crippen LogP contribution in [0.3, 0.4) is 0 Å². The van der Waals surface area contributed by atoms with Crippen molar-refractivity contribution in [1.82, 2.24) is 4.90 Å². The fraction of sp³-hybridized carbons (Fsp3) is 1.00. The fourth-order valence-corrected chi connectivity index (χ4v) is 1.43. The highest BCUT2D eigenvalue weighted by atomic mass is 16.5. The summed E-state index contributed by atoms with van der Waals surface area (Å²) >= 11 is 0. The van der Waals surface area contributed by atoms with Crippen LogP contribution in [0.1, 0.15) is 13.8 Å². The van der Waals surface area contributed by atoms with E-state index in [2.05, 4.69) is 0 Å². The Kier molecular flexibility index (Phi) is 4.12. The van der Waals surface area contributed by atoms with Crippen LogP contribution in [0.15, 0.2) is 0 Å². The van der Waals surface area contributed by atoms with Crippen molar-refractivity contribution in [1.29, 1.82) is 0 Å². The van der Waals surface area contributed by atoms with Gasteiger partial charge in [0, 0.05) is 19.7 Å². The van der Waals surface area contributed by atoms with Crippen molar-refractivity contribution in [2.75, 3.05) is 39.5 Å². The molecule has 1 unspecified atom stereocenters. The molecule has 4 nitrogen and oxygen atoms in total. The van der Waals surface area contributed by atoms with Gasteiger partial charge in [0.1, 0.15) is 5.72 Å². The van der Waals surface area contributed by atoms with Gasteiger partial charge in [0.2, 0.25) is 0 Å². The first-order chi connectivity index (χ1) is 6.17.